The number of guanidine groups is 1. The second-order valence-corrected chi connectivity index (χ2v) is 6.09. The smallest absolute Gasteiger partial charge is 0.410 e. The third kappa shape index (κ3) is 4.47. The molecule has 0 aromatic heterocycles. The Bertz CT molecular complexity index is 778. The molecule has 0 aliphatic carbocycles. The van der Waals surface area contributed by atoms with E-state index in [1.807, 2.05) is 0 Å². The van der Waals surface area contributed by atoms with Crippen molar-refractivity contribution in [1.82, 2.24) is 9.80 Å². The first-order valence-corrected chi connectivity index (χ1v) is 8.23. The van der Waals surface area contributed by atoms with E-state index in [1.54, 1.807) is 4.90 Å². The number of nitro benzene ring substituents is 1. The summed E-state index contributed by atoms with van der Waals surface area (Å²) in [6, 6.07) is 5.13. The number of benzene rings is 1. The maximum Gasteiger partial charge on any atom is 0.422 e. The van der Waals surface area contributed by atoms with Crippen molar-refractivity contribution in [2.24, 2.45) is 11.0 Å². The van der Waals surface area contributed by atoms with Crippen LogP contribution in [0.1, 0.15) is 6.42 Å². The summed E-state index contributed by atoms with van der Waals surface area (Å²) >= 11 is 0. The molecule has 2 aliphatic rings. The first kappa shape index (κ1) is 18.5. The van der Waals surface area contributed by atoms with Crippen LogP contribution in [-0.4, -0.2) is 64.7 Å². The van der Waals surface area contributed by atoms with Gasteiger partial charge in [0.2, 0.25) is 0 Å². The molecule has 27 heavy (non-hydrogen) atoms. The van der Waals surface area contributed by atoms with Crippen molar-refractivity contribution in [2.75, 3.05) is 32.8 Å². The molecule has 1 unspecified atom stereocenters. The molecule has 1 aromatic carbocycles. The fourth-order valence-corrected chi connectivity index (χ4v) is 2.98. The Labute approximate surface area is 153 Å². The van der Waals surface area contributed by atoms with Gasteiger partial charge in [-0.05, 0) is 12.5 Å². The predicted molar refractivity (Wildman–Crippen MR) is 90.8 cm³/mol. The molecule has 0 saturated carbocycles. The Hall–Kier alpha value is -3.28. The minimum absolute atomic E-state index is 0.0303. The average molecular weight is 379 g/mol. The van der Waals surface area contributed by atoms with Crippen LogP contribution in [0, 0.1) is 26.1 Å². The van der Waals surface area contributed by atoms with Gasteiger partial charge in [-0.25, -0.2) is 19.8 Å². The van der Waals surface area contributed by atoms with E-state index in [1.165, 1.54) is 18.2 Å². The van der Waals surface area contributed by atoms with Crippen molar-refractivity contribution in [1.29, 1.82) is 0 Å². The fourth-order valence-electron chi connectivity index (χ4n) is 2.98. The number of carbonyl (C=O) groups is 1. The van der Waals surface area contributed by atoms with E-state index in [-0.39, 0.29) is 29.9 Å². The van der Waals surface area contributed by atoms with Gasteiger partial charge in [-0.3, -0.25) is 10.1 Å². The van der Waals surface area contributed by atoms with Gasteiger partial charge in [0, 0.05) is 31.7 Å². The summed E-state index contributed by atoms with van der Waals surface area (Å²) in [5.41, 5.74) is -0.233. The average Bonchev–Trinajstić information content (AvgIpc) is 3.26. The van der Waals surface area contributed by atoms with Crippen molar-refractivity contribution in [3.8, 4) is 5.75 Å². The summed E-state index contributed by atoms with van der Waals surface area (Å²) in [4.78, 5) is 36.3. The zero-order valence-electron chi connectivity index (χ0n) is 14.2. The third-order valence-corrected chi connectivity index (χ3v) is 4.25. The highest BCUT2D eigenvalue weighted by Crippen LogP contribution is 2.22. The highest BCUT2D eigenvalue weighted by atomic mass is 16.7. The number of amides is 1. The number of ether oxygens (including phenoxy) is 2. The second-order valence-electron chi connectivity index (χ2n) is 6.09. The van der Waals surface area contributed by atoms with E-state index in [4.69, 9.17) is 9.47 Å². The summed E-state index contributed by atoms with van der Waals surface area (Å²) in [6.07, 6.45) is -0.0540. The van der Waals surface area contributed by atoms with Crippen molar-refractivity contribution in [2.45, 2.75) is 6.42 Å². The molecular formula is C15H17N5O7. The number of carbonyl (C=O) groups excluding carboxylic acids is 1. The van der Waals surface area contributed by atoms with E-state index in [2.05, 4.69) is 5.10 Å². The van der Waals surface area contributed by atoms with Crippen LogP contribution in [0.5, 0.6) is 5.75 Å². The molecule has 2 aliphatic heterocycles. The van der Waals surface area contributed by atoms with Gasteiger partial charge in [-0.1, -0.05) is 6.07 Å². The van der Waals surface area contributed by atoms with Crippen LogP contribution in [0.25, 0.3) is 0 Å². The number of nitrogens with zero attached hydrogens (tertiary/aromatic N) is 5. The lowest BCUT2D eigenvalue weighted by atomic mass is 10.1. The zero-order chi connectivity index (χ0) is 19.4. The maximum absolute atomic E-state index is 12.4. The third-order valence-electron chi connectivity index (χ3n) is 4.25. The molecule has 12 nitrogen and oxygen atoms in total. The molecule has 1 aromatic rings. The standard InChI is InChI=1S/C15H17N5O7/c21-15(27-13-3-1-2-12(8-13)19(22)23)18-6-5-17(14(18)16-20(24)25)9-11-4-7-26-10-11/h1-3,8,11H,4-7,9-10H2. The molecule has 3 rings (SSSR count). The van der Waals surface area contributed by atoms with E-state index in [9.17, 15) is 25.0 Å². The van der Waals surface area contributed by atoms with E-state index in [0.717, 1.165) is 17.4 Å². The van der Waals surface area contributed by atoms with Crippen molar-refractivity contribution in [3.05, 3.63) is 44.5 Å². The minimum Gasteiger partial charge on any atom is -0.410 e. The van der Waals surface area contributed by atoms with Crippen molar-refractivity contribution < 1.29 is 24.2 Å². The second kappa shape index (κ2) is 7.95. The predicted octanol–water partition coefficient (Wildman–Crippen LogP) is 1.30. The van der Waals surface area contributed by atoms with Crippen LogP contribution in [0.4, 0.5) is 10.5 Å². The summed E-state index contributed by atoms with van der Waals surface area (Å²) < 4.78 is 10.5. The fraction of sp³-hybridized carbons (Fsp3) is 0.467. The number of nitro groups is 2. The lowest BCUT2D eigenvalue weighted by molar-refractivity contribution is -0.486. The Balaban J connectivity index is 1.73. The number of hydrogen-bond acceptors (Lipinski definition) is 7. The van der Waals surface area contributed by atoms with Gasteiger partial charge in [-0.2, -0.15) is 0 Å². The SMILES string of the molecule is O=C(Oc1cccc([N+](=O)[O-])c1)N1CCN(CC2CCOC2)C1=N[N+](=O)[O-]. The van der Waals surface area contributed by atoms with Gasteiger partial charge in [0.15, 0.2) is 5.03 Å². The van der Waals surface area contributed by atoms with Gasteiger partial charge in [-0.15, -0.1) is 0 Å². The van der Waals surface area contributed by atoms with E-state index in [0.29, 0.717) is 26.3 Å². The molecule has 1 amide bonds. The maximum atomic E-state index is 12.4. The topological polar surface area (TPSA) is 141 Å². The molecule has 12 heteroatoms. The van der Waals surface area contributed by atoms with Gasteiger partial charge in [0.05, 0.1) is 24.1 Å². The molecule has 0 bridgehead atoms. The molecule has 1 atom stereocenters. The van der Waals surface area contributed by atoms with Crippen LogP contribution in [0.2, 0.25) is 0 Å². The Morgan fingerprint density at radius 1 is 1.33 bits per heavy atom. The molecular weight excluding hydrogens is 362 g/mol. The normalized spacial score (nSPS) is 20.9. The number of hydrazone groups is 1. The summed E-state index contributed by atoms with van der Waals surface area (Å²) in [5.74, 6) is 0.0642. The van der Waals surface area contributed by atoms with Gasteiger partial charge >= 0.3 is 6.09 Å². The first-order valence-electron chi connectivity index (χ1n) is 8.23. The molecule has 0 N–H and O–H groups in total. The lowest BCUT2D eigenvalue weighted by Gasteiger charge is -2.21. The lowest BCUT2D eigenvalue weighted by Crippen LogP contribution is -2.41. The van der Waals surface area contributed by atoms with Crippen LogP contribution >= 0.6 is 0 Å². The molecule has 2 fully saturated rings. The van der Waals surface area contributed by atoms with Crippen molar-refractivity contribution in [3.63, 3.8) is 0 Å². The van der Waals surface area contributed by atoms with E-state index >= 15 is 0 Å². The van der Waals surface area contributed by atoms with Crippen LogP contribution < -0.4 is 4.74 Å². The van der Waals surface area contributed by atoms with Gasteiger partial charge in [0.25, 0.3) is 11.6 Å². The summed E-state index contributed by atoms with van der Waals surface area (Å²) in [5, 5.41) is 24.2. The van der Waals surface area contributed by atoms with Crippen LogP contribution in [-0.2, 0) is 4.74 Å². The molecule has 0 radical (unpaired) electrons. The van der Waals surface area contributed by atoms with Crippen molar-refractivity contribution >= 4 is 17.7 Å². The van der Waals surface area contributed by atoms with E-state index < -0.39 is 16.0 Å². The molecule has 2 saturated heterocycles. The van der Waals surface area contributed by atoms with Gasteiger partial charge in [0.1, 0.15) is 10.9 Å². The molecule has 0 spiro atoms. The summed E-state index contributed by atoms with van der Waals surface area (Å²) in [6.45, 7) is 2.20. The highest BCUT2D eigenvalue weighted by Gasteiger charge is 2.37. The number of hydrogen-bond donors (Lipinski definition) is 0. The zero-order valence-corrected chi connectivity index (χ0v) is 14.2. The largest absolute Gasteiger partial charge is 0.422 e. The Morgan fingerprint density at radius 2 is 2.15 bits per heavy atom. The molecule has 144 valence electrons. The van der Waals surface area contributed by atoms with Crippen LogP contribution in [0.3, 0.4) is 0 Å². The minimum atomic E-state index is -0.888. The molecule has 2 heterocycles. The quantitative estimate of drug-likeness (QED) is 0.550. The Kier molecular flexibility index (Phi) is 5.45. The monoisotopic (exact) mass is 379 g/mol. The number of non-ortho nitro benzene ring substituents is 1. The highest BCUT2D eigenvalue weighted by molar-refractivity contribution is 5.96. The van der Waals surface area contributed by atoms with Crippen LogP contribution in [0.15, 0.2) is 29.4 Å². The first-order chi connectivity index (χ1) is 12.9. The summed E-state index contributed by atoms with van der Waals surface area (Å²) in [7, 11) is 0. The Morgan fingerprint density at radius 3 is 2.81 bits per heavy atom. The van der Waals surface area contributed by atoms with Gasteiger partial charge < -0.3 is 14.4 Å². The number of rotatable bonds is 5.